The quantitative estimate of drug-likeness (QED) is 0.658. The SMILES string of the molecule is NC1=CC=CC(N)(c2nc3ccccc3nc2S(=O)(=O)c2ccc(F)cc2)C1. The first-order valence-corrected chi connectivity index (χ1v) is 9.99. The van der Waals surface area contributed by atoms with E-state index in [-0.39, 0.29) is 22.0 Å². The van der Waals surface area contributed by atoms with Crippen LogP contribution in [0.3, 0.4) is 0 Å². The summed E-state index contributed by atoms with van der Waals surface area (Å²) in [6.45, 7) is 0. The summed E-state index contributed by atoms with van der Waals surface area (Å²) in [6, 6.07) is 11.5. The lowest BCUT2D eigenvalue weighted by Crippen LogP contribution is -2.40. The van der Waals surface area contributed by atoms with Crippen molar-refractivity contribution >= 4 is 20.9 Å². The Morgan fingerprint density at radius 2 is 1.64 bits per heavy atom. The number of allylic oxidation sites excluding steroid dienone is 2. The molecule has 0 saturated carbocycles. The molecule has 0 aliphatic heterocycles. The van der Waals surface area contributed by atoms with Crippen LogP contribution in [-0.4, -0.2) is 18.4 Å². The minimum Gasteiger partial charge on any atom is -0.402 e. The highest BCUT2D eigenvalue weighted by Gasteiger charge is 2.37. The van der Waals surface area contributed by atoms with Gasteiger partial charge in [-0.2, -0.15) is 0 Å². The third-order valence-corrected chi connectivity index (χ3v) is 6.24. The fourth-order valence-electron chi connectivity index (χ4n) is 3.16. The van der Waals surface area contributed by atoms with Crippen LogP contribution in [0.2, 0.25) is 0 Å². The summed E-state index contributed by atoms with van der Waals surface area (Å²) in [5.41, 5.74) is 12.8. The van der Waals surface area contributed by atoms with E-state index in [1.165, 1.54) is 12.1 Å². The zero-order valence-electron chi connectivity index (χ0n) is 14.7. The molecule has 0 amide bonds. The van der Waals surface area contributed by atoms with Gasteiger partial charge >= 0.3 is 0 Å². The van der Waals surface area contributed by atoms with Crippen LogP contribution in [0.5, 0.6) is 0 Å². The molecule has 0 spiro atoms. The Kier molecular flexibility index (Phi) is 4.24. The molecule has 1 atom stereocenters. The molecule has 1 aromatic heterocycles. The molecular weight excluding hydrogens is 379 g/mol. The Labute approximate surface area is 161 Å². The number of benzene rings is 2. The second-order valence-corrected chi connectivity index (χ2v) is 8.51. The molecule has 4 rings (SSSR count). The van der Waals surface area contributed by atoms with Crippen molar-refractivity contribution in [3.63, 3.8) is 0 Å². The Morgan fingerprint density at radius 3 is 2.29 bits per heavy atom. The molecule has 28 heavy (non-hydrogen) atoms. The van der Waals surface area contributed by atoms with Crippen LogP contribution in [0.15, 0.2) is 82.4 Å². The lowest BCUT2D eigenvalue weighted by atomic mass is 9.87. The fraction of sp³-hybridized carbons (Fsp3) is 0.100. The van der Waals surface area contributed by atoms with Gasteiger partial charge in [-0.1, -0.05) is 24.3 Å². The Balaban J connectivity index is 2.00. The lowest BCUT2D eigenvalue weighted by Gasteiger charge is -2.29. The molecule has 0 bridgehead atoms. The number of halogens is 1. The molecule has 0 fully saturated rings. The molecular formula is C20H17FN4O2S. The van der Waals surface area contributed by atoms with E-state index in [1.54, 1.807) is 42.5 Å². The minimum atomic E-state index is -4.10. The van der Waals surface area contributed by atoms with Crippen molar-refractivity contribution in [2.24, 2.45) is 11.5 Å². The molecule has 3 aromatic rings. The van der Waals surface area contributed by atoms with Gasteiger partial charge in [-0.3, -0.25) is 0 Å². The smallest absolute Gasteiger partial charge is 0.225 e. The van der Waals surface area contributed by atoms with E-state index in [0.29, 0.717) is 16.7 Å². The van der Waals surface area contributed by atoms with Crippen LogP contribution in [0, 0.1) is 5.82 Å². The molecule has 6 nitrogen and oxygen atoms in total. The van der Waals surface area contributed by atoms with Crippen molar-refractivity contribution in [3.05, 3.63) is 84.0 Å². The topological polar surface area (TPSA) is 112 Å². The van der Waals surface area contributed by atoms with E-state index in [0.717, 1.165) is 12.1 Å². The van der Waals surface area contributed by atoms with Crippen LogP contribution in [-0.2, 0) is 15.4 Å². The third-order valence-electron chi connectivity index (χ3n) is 4.56. The monoisotopic (exact) mass is 396 g/mol. The van der Waals surface area contributed by atoms with Gasteiger partial charge < -0.3 is 11.5 Å². The number of nitrogens with zero attached hydrogens (tertiary/aromatic N) is 2. The summed E-state index contributed by atoms with van der Waals surface area (Å²) in [4.78, 5) is 8.82. The number of para-hydroxylation sites is 2. The second-order valence-electron chi connectivity index (χ2n) is 6.64. The highest BCUT2D eigenvalue weighted by molar-refractivity contribution is 7.91. The summed E-state index contributed by atoms with van der Waals surface area (Å²) < 4.78 is 39.9. The standard InChI is InChI=1S/C20H17FN4O2S/c21-13-7-9-15(10-8-13)28(26,27)19-18(20(23)11-3-4-14(22)12-20)24-16-5-1-2-6-17(16)25-19/h1-11H,12,22-23H2. The first-order valence-electron chi connectivity index (χ1n) is 8.50. The fourth-order valence-corrected chi connectivity index (χ4v) is 4.59. The van der Waals surface area contributed by atoms with Crippen LogP contribution in [0.25, 0.3) is 11.0 Å². The number of hydrogen-bond acceptors (Lipinski definition) is 6. The maximum absolute atomic E-state index is 13.3. The van der Waals surface area contributed by atoms with Crippen LogP contribution in [0.1, 0.15) is 12.1 Å². The molecule has 8 heteroatoms. The van der Waals surface area contributed by atoms with Gasteiger partial charge in [0.05, 0.1) is 21.5 Å². The number of fused-ring (bicyclic) bond motifs is 1. The molecule has 0 saturated heterocycles. The Bertz CT molecular complexity index is 1240. The Hall–Kier alpha value is -3.10. The summed E-state index contributed by atoms with van der Waals surface area (Å²) in [6.07, 6.45) is 5.23. The summed E-state index contributed by atoms with van der Waals surface area (Å²) in [7, 11) is -4.10. The predicted octanol–water partition coefficient (Wildman–Crippen LogP) is 2.56. The van der Waals surface area contributed by atoms with Gasteiger partial charge in [0.25, 0.3) is 0 Å². The van der Waals surface area contributed by atoms with Crippen molar-refractivity contribution in [2.45, 2.75) is 21.9 Å². The molecule has 142 valence electrons. The molecule has 1 aliphatic rings. The van der Waals surface area contributed by atoms with Crippen molar-refractivity contribution in [2.75, 3.05) is 0 Å². The van der Waals surface area contributed by atoms with E-state index < -0.39 is 21.2 Å². The summed E-state index contributed by atoms with van der Waals surface area (Å²) in [5, 5.41) is -0.264. The first kappa shape index (κ1) is 18.3. The van der Waals surface area contributed by atoms with E-state index >= 15 is 0 Å². The minimum absolute atomic E-state index is 0.0911. The zero-order valence-corrected chi connectivity index (χ0v) is 15.5. The molecule has 1 heterocycles. The van der Waals surface area contributed by atoms with E-state index in [2.05, 4.69) is 9.97 Å². The summed E-state index contributed by atoms with van der Waals surface area (Å²) in [5.74, 6) is -0.535. The molecule has 2 aromatic carbocycles. The van der Waals surface area contributed by atoms with Crippen molar-refractivity contribution in [3.8, 4) is 0 Å². The van der Waals surface area contributed by atoms with Gasteiger partial charge in [0.15, 0.2) is 5.03 Å². The zero-order chi connectivity index (χ0) is 19.9. The van der Waals surface area contributed by atoms with Crippen LogP contribution >= 0.6 is 0 Å². The van der Waals surface area contributed by atoms with E-state index in [9.17, 15) is 12.8 Å². The average Bonchev–Trinajstić information content (AvgIpc) is 2.67. The van der Waals surface area contributed by atoms with Crippen LogP contribution in [0.4, 0.5) is 4.39 Å². The number of rotatable bonds is 3. The number of aromatic nitrogens is 2. The lowest BCUT2D eigenvalue weighted by molar-refractivity contribution is 0.507. The van der Waals surface area contributed by atoms with Gasteiger partial charge in [-0.15, -0.1) is 0 Å². The number of nitrogens with two attached hydrogens (primary N) is 2. The molecule has 1 unspecified atom stereocenters. The Morgan fingerprint density at radius 1 is 1.00 bits per heavy atom. The number of sulfone groups is 1. The van der Waals surface area contributed by atoms with Crippen molar-refractivity contribution in [1.29, 1.82) is 0 Å². The maximum Gasteiger partial charge on any atom is 0.225 e. The largest absolute Gasteiger partial charge is 0.402 e. The molecule has 0 radical (unpaired) electrons. The van der Waals surface area contributed by atoms with Gasteiger partial charge in [0.1, 0.15) is 11.5 Å². The highest BCUT2D eigenvalue weighted by atomic mass is 32.2. The van der Waals surface area contributed by atoms with Crippen molar-refractivity contribution < 1.29 is 12.8 Å². The van der Waals surface area contributed by atoms with Crippen LogP contribution < -0.4 is 11.5 Å². The molecule has 1 aliphatic carbocycles. The highest BCUT2D eigenvalue weighted by Crippen LogP contribution is 2.34. The maximum atomic E-state index is 13.3. The van der Waals surface area contributed by atoms with E-state index in [4.69, 9.17) is 11.5 Å². The van der Waals surface area contributed by atoms with Gasteiger partial charge in [-0.25, -0.2) is 22.8 Å². The second kappa shape index (κ2) is 6.50. The average molecular weight is 396 g/mol. The first-order chi connectivity index (χ1) is 13.3. The van der Waals surface area contributed by atoms with Gasteiger partial charge in [0, 0.05) is 12.1 Å². The van der Waals surface area contributed by atoms with Gasteiger partial charge in [-0.05, 0) is 42.5 Å². The van der Waals surface area contributed by atoms with Gasteiger partial charge in [0.2, 0.25) is 9.84 Å². The summed E-state index contributed by atoms with van der Waals surface area (Å²) >= 11 is 0. The van der Waals surface area contributed by atoms with E-state index in [1.807, 2.05) is 0 Å². The molecule has 4 N–H and O–H groups in total. The van der Waals surface area contributed by atoms with Crippen molar-refractivity contribution in [1.82, 2.24) is 9.97 Å². The predicted molar refractivity (Wildman–Crippen MR) is 103 cm³/mol. The number of hydrogen-bond donors (Lipinski definition) is 2. The third kappa shape index (κ3) is 3.06. The normalized spacial score (nSPS) is 19.6.